The van der Waals surface area contributed by atoms with Gasteiger partial charge in [0.05, 0.1) is 6.10 Å². The number of nitrogens with one attached hydrogen (secondary N) is 1. The molecule has 2 atom stereocenters. The monoisotopic (exact) mass is 228 g/mol. The predicted octanol–water partition coefficient (Wildman–Crippen LogP) is -1.25. The van der Waals surface area contributed by atoms with E-state index < -0.39 is 17.0 Å². The summed E-state index contributed by atoms with van der Waals surface area (Å²) in [4.78, 5) is 24.4. The number of aliphatic hydroxyl groups is 1. The van der Waals surface area contributed by atoms with Crippen molar-refractivity contribution >= 4 is 20.6 Å². The summed E-state index contributed by atoms with van der Waals surface area (Å²) in [6, 6.07) is 0. The zero-order valence-electron chi connectivity index (χ0n) is 8.19. The van der Waals surface area contributed by atoms with Crippen LogP contribution in [0.3, 0.4) is 0 Å². The van der Waals surface area contributed by atoms with Gasteiger partial charge in [-0.25, -0.2) is 0 Å². The molecule has 2 N–H and O–H groups in total. The molecule has 0 fully saturated rings. The number of hydrogen-bond acceptors (Lipinski definition) is 5. The van der Waals surface area contributed by atoms with Crippen molar-refractivity contribution in [1.29, 1.82) is 0 Å². The first-order chi connectivity index (χ1) is 7.15. The molecule has 1 aromatic rings. The summed E-state index contributed by atoms with van der Waals surface area (Å²) in [5.74, 6) is 0. The highest BCUT2D eigenvalue weighted by molar-refractivity contribution is 7.16. The number of hydrogen-bond donors (Lipinski definition) is 2. The molecule has 0 aromatic heterocycles. The Kier molecular flexibility index (Phi) is 2.76. The fourth-order valence-electron chi connectivity index (χ4n) is 1.83. The van der Waals surface area contributed by atoms with Crippen molar-refractivity contribution in [2.24, 2.45) is 0 Å². The number of anilines is 2. The first-order valence-corrected chi connectivity index (χ1v) is 5.67. The van der Waals surface area contributed by atoms with Gasteiger partial charge in [-0.2, -0.15) is 0 Å². The highest BCUT2D eigenvalue weighted by Gasteiger charge is 2.29. The van der Waals surface area contributed by atoms with Crippen LogP contribution in [0.4, 0.5) is 11.4 Å². The van der Waals surface area contributed by atoms with Crippen LogP contribution in [-0.2, 0) is 0 Å². The van der Waals surface area contributed by atoms with Crippen LogP contribution in [-0.4, -0.2) is 37.0 Å². The summed E-state index contributed by atoms with van der Waals surface area (Å²) in [7, 11) is 2.56. The van der Waals surface area contributed by atoms with E-state index in [-0.39, 0.29) is 0 Å². The summed E-state index contributed by atoms with van der Waals surface area (Å²) in [5, 5.41) is 12.4. The van der Waals surface area contributed by atoms with E-state index in [1.165, 1.54) is 0 Å². The zero-order chi connectivity index (χ0) is 11.0. The Morgan fingerprint density at radius 3 is 2.87 bits per heavy atom. The average Bonchev–Trinajstić information content (AvgIpc) is 2.35. The van der Waals surface area contributed by atoms with Crippen molar-refractivity contribution < 1.29 is 5.11 Å². The third-order valence-electron chi connectivity index (χ3n) is 2.55. The molecule has 6 heteroatoms. The van der Waals surface area contributed by atoms with Gasteiger partial charge in [-0.3, -0.25) is 9.59 Å². The highest BCUT2D eigenvalue weighted by Crippen LogP contribution is 2.22. The molecule has 1 aliphatic heterocycles. The number of β-amino-alcohol motifs (C(OH)–C–C–N with tert-alkyl or cyclic N) is 1. The Balaban J connectivity index is 2.35. The van der Waals surface area contributed by atoms with E-state index in [0.717, 1.165) is 6.16 Å². The summed E-state index contributed by atoms with van der Waals surface area (Å²) >= 11 is 0. The Bertz CT molecular complexity index is 439. The van der Waals surface area contributed by atoms with Crippen molar-refractivity contribution in [2.45, 2.75) is 6.10 Å². The van der Waals surface area contributed by atoms with Crippen LogP contribution in [0.25, 0.3) is 0 Å². The van der Waals surface area contributed by atoms with Crippen LogP contribution in [0.15, 0.2) is 9.59 Å². The van der Waals surface area contributed by atoms with Crippen LogP contribution in [0, 0.1) is 0 Å². The standard InChI is InChI=1S/C9H13N2O3P/c12-5-3-10-6-7(9(14)8(6)13)11(4-5)1-2-15/h5,10,12H,1-4,15H2. The molecule has 1 aliphatic rings. The molecule has 15 heavy (non-hydrogen) atoms. The van der Waals surface area contributed by atoms with Gasteiger partial charge in [0.1, 0.15) is 11.4 Å². The molecule has 0 bridgehead atoms. The minimum atomic E-state index is -0.548. The fraction of sp³-hybridized carbons (Fsp3) is 0.556. The maximum atomic E-state index is 11.4. The van der Waals surface area contributed by atoms with Gasteiger partial charge >= 0.3 is 0 Å². The van der Waals surface area contributed by atoms with Crippen LogP contribution < -0.4 is 21.1 Å². The Hall–Kier alpha value is -0.930. The van der Waals surface area contributed by atoms with Gasteiger partial charge in [0.2, 0.25) is 0 Å². The fourth-order valence-corrected chi connectivity index (χ4v) is 2.15. The van der Waals surface area contributed by atoms with Gasteiger partial charge in [-0.1, -0.05) is 0 Å². The minimum absolute atomic E-state index is 0.325. The van der Waals surface area contributed by atoms with Crippen molar-refractivity contribution in [1.82, 2.24) is 0 Å². The van der Waals surface area contributed by atoms with E-state index in [1.54, 1.807) is 4.90 Å². The van der Waals surface area contributed by atoms with E-state index in [9.17, 15) is 14.7 Å². The molecule has 82 valence electrons. The second kappa shape index (κ2) is 3.91. The van der Waals surface area contributed by atoms with E-state index in [1.807, 2.05) is 0 Å². The summed E-state index contributed by atoms with van der Waals surface area (Å²) < 4.78 is 0. The Morgan fingerprint density at radius 2 is 2.20 bits per heavy atom. The second-order valence-corrected chi connectivity index (χ2v) is 4.23. The average molecular weight is 228 g/mol. The van der Waals surface area contributed by atoms with Crippen molar-refractivity contribution in [3.05, 3.63) is 20.4 Å². The van der Waals surface area contributed by atoms with Gasteiger partial charge in [0.15, 0.2) is 0 Å². The Labute approximate surface area is 89.0 Å². The molecule has 2 unspecified atom stereocenters. The lowest BCUT2D eigenvalue weighted by Crippen LogP contribution is -2.42. The smallest absolute Gasteiger partial charge is 0.253 e. The molecular weight excluding hydrogens is 215 g/mol. The highest BCUT2D eigenvalue weighted by atomic mass is 31.0. The first-order valence-electron chi connectivity index (χ1n) is 4.85. The third-order valence-corrected chi connectivity index (χ3v) is 2.80. The van der Waals surface area contributed by atoms with E-state index in [0.29, 0.717) is 31.0 Å². The quantitative estimate of drug-likeness (QED) is 0.489. The summed E-state index contributed by atoms with van der Waals surface area (Å²) in [5.41, 5.74) is -0.0908. The molecular formula is C9H13N2O3P. The predicted molar refractivity (Wildman–Crippen MR) is 62.6 cm³/mol. The number of aliphatic hydroxyl groups excluding tert-OH is 1. The van der Waals surface area contributed by atoms with Gasteiger partial charge < -0.3 is 15.3 Å². The topological polar surface area (TPSA) is 69.6 Å². The van der Waals surface area contributed by atoms with E-state index in [4.69, 9.17) is 0 Å². The number of fused-ring (bicyclic) bond motifs is 1. The summed E-state index contributed by atoms with van der Waals surface area (Å²) in [6.45, 7) is 1.38. The number of rotatable bonds is 2. The molecule has 0 aliphatic carbocycles. The SMILES string of the molecule is O=c1c2c(c1=O)N(CCP)CC(O)CN2. The molecule has 0 radical (unpaired) electrons. The van der Waals surface area contributed by atoms with Crippen LogP contribution in [0.1, 0.15) is 0 Å². The van der Waals surface area contributed by atoms with E-state index >= 15 is 0 Å². The third kappa shape index (κ3) is 1.66. The Morgan fingerprint density at radius 1 is 1.47 bits per heavy atom. The largest absolute Gasteiger partial charge is 0.389 e. The van der Waals surface area contributed by atoms with Crippen LogP contribution >= 0.6 is 9.24 Å². The first kappa shape index (κ1) is 10.6. The van der Waals surface area contributed by atoms with Crippen molar-refractivity contribution in [3.8, 4) is 0 Å². The lowest BCUT2D eigenvalue weighted by atomic mass is 10.2. The van der Waals surface area contributed by atoms with Crippen molar-refractivity contribution in [3.63, 3.8) is 0 Å². The second-order valence-electron chi connectivity index (χ2n) is 3.65. The molecule has 5 nitrogen and oxygen atoms in total. The van der Waals surface area contributed by atoms with Crippen molar-refractivity contribution in [2.75, 3.05) is 36.0 Å². The molecule has 0 saturated heterocycles. The van der Waals surface area contributed by atoms with Gasteiger partial charge in [0, 0.05) is 19.6 Å². The van der Waals surface area contributed by atoms with Gasteiger partial charge in [-0.05, 0) is 6.16 Å². The molecule has 2 rings (SSSR count). The van der Waals surface area contributed by atoms with E-state index in [2.05, 4.69) is 14.6 Å². The maximum absolute atomic E-state index is 11.4. The van der Waals surface area contributed by atoms with Gasteiger partial charge in [0.25, 0.3) is 10.9 Å². The molecule has 1 aromatic carbocycles. The zero-order valence-corrected chi connectivity index (χ0v) is 9.35. The lowest BCUT2D eigenvalue weighted by Gasteiger charge is -2.24. The molecule has 0 amide bonds. The maximum Gasteiger partial charge on any atom is 0.253 e. The molecule has 1 heterocycles. The van der Waals surface area contributed by atoms with Gasteiger partial charge in [-0.15, -0.1) is 9.24 Å². The minimum Gasteiger partial charge on any atom is -0.389 e. The lowest BCUT2D eigenvalue weighted by molar-refractivity contribution is 0.194. The normalized spacial score (nSPS) is 20.9. The summed E-state index contributed by atoms with van der Waals surface area (Å²) in [6.07, 6.45) is 0.248. The molecule has 0 spiro atoms. The number of nitrogens with zero attached hydrogens (tertiary/aromatic N) is 1. The van der Waals surface area contributed by atoms with Crippen LogP contribution in [0.5, 0.6) is 0 Å². The van der Waals surface area contributed by atoms with Crippen LogP contribution in [0.2, 0.25) is 0 Å². The molecule has 0 saturated carbocycles.